The number of halogens is 4. The summed E-state index contributed by atoms with van der Waals surface area (Å²) >= 11 is 0. The highest BCUT2D eigenvalue weighted by atomic mass is 19.4. The highest BCUT2D eigenvalue weighted by Crippen LogP contribution is 2.29. The van der Waals surface area contributed by atoms with E-state index in [1.807, 2.05) is 0 Å². The van der Waals surface area contributed by atoms with E-state index in [4.69, 9.17) is 5.73 Å². The first-order valence-electron chi connectivity index (χ1n) is 4.97. The fourth-order valence-corrected chi connectivity index (χ4v) is 1.57. The van der Waals surface area contributed by atoms with Crippen LogP contribution >= 0.6 is 0 Å². The summed E-state index contributed by atoms with van der Waals surface area (Å²) in [6, 6.07) is 3.76. The molecule has 3 nitrogen and oxygen atoms in total. The molecule has 1 aromatic heterocycles. The highest BCUT2D eigenvalue weighted by Gasteiger charge is 2.34. The van der Waals surface area contributed by atoms with Gasteiger partial charge < -0.3 is 10.3 Å². The summed E-state index contributed by atoms with van der Waals surface area (Å²) in [7, 11) is 0. The van der Waals surface area contributed by atoms with Gasteiger partial charge in [0.05, 0.1) is 5.69 Å². The molecule has 0 unspecified atom stereocenters. The Morgan fingerprint density at radius 2 is 1.94 bits per heavy atom. The zero-order valence-corrected chi connectivity index (χ0v) is 9.29. The van der Waals surface area contributed by atoms with Crippen molar-refractivity contribution in [3.05, 3.63) is 41.7 Å². The smallest absolute Gasteiger partial charge is 0.399 e. The van der Waals surface area contributed by atoms with Crippen LogP contribution in [0, 0.1) is 12.7 Å². The van der Waals surface area contributed by atoms with Crippen molar-refractivity contribution >= 4 is 5.69 Å². The zero-order valence-electron chi connectivity index (χ0n) is 9.29. The molecule has 0 radical (unpaired) electrons. The molecule has 1 heterocycles. The molecule has 7 heteroatoms. The van der Waals surface area contributed by atoms with Crippen molar-refractivity contribution in [2.45, 2.75) is 13.1 Å². The van der Waals surface area contributed by atoms with Crippen molar-refractivity contribution in [1.82, 2.24) is 9.55 Å². The standard InChI is InChI=1S/C11H9F4N3/c1-6-17-10(11(13,14)15)5-18(6)9-3-2-7(16)4-8(9)12/h2-5H,16H2,1H3. The van der Waals surface area contributed by atoms with Gasteiger partial charge in [-0.1, -0.05) is 0 Å². The summed E-state index contributed by atoms with van der Waals surface area (Å²) in [5.74, 6) is -0.657. The molecule has 18 heavy (non-hydrogen) atoms. The lowest BCUT2D eigenvalue weighted by Crippen LogP contribution is -2.05. The molecule has 0 fully saturated rings. The fraction of sp³-hybridized carbons (Fsp3) is 0.182. The summed E-state index contributed by atoms with van der Waals surface area (Å²) < 4.78 is 52.1. The number of anilines is 1. The number of nitrogens with zero attached hydrogens (tertiary/aromatic N) is 2. The van der Waals surface area contributed by atoms with E-state index in [2.05, 4.69) is 4.98 Å². The van der Waals surface area contributed by atoms with Gasteiger partial charge in [0.25, 0.3) is 0 Å². The maximum atomic E-state index is 13.6. The van der Waals surface area contributed by atoms with Crippen LogP contribution in [0.5, 0.6) is 0 Å². The molecule has 0 saturated carbocycles. The van der Waals surface area contributed by atoms with Gasteiger partial charge in [-0.3, -0.25) is 0 Å². The van der Waals surface area contributed by atoms with Crippen LogP contribution in [0.2, 0.25) is 0 Å². The average Bonchev–Trinajstić information content (AvgIpc) is 2.60. The Balaban J connectivity index is 2.55. The van der Waals surface area contributed by atoms with Crippen LogP contribution < -0.4 is 5.73 Å². The summed E-state index contributed by atoms with van der Waals surface area (Å²) in [5.41, 5.74) is 4.49. The Bertz CT molecular complexity index is 586. The maximum Gasteiger partial charge on any atom is 0.434 e. The van der Waals surface area contributed by atoms with E-state index < -0.39 is 17.7 Å². The number of hydrogen-bond acceptors (Lipinski definition) is 2. The number of imidazole rings is 1. The van der Waals surface area contributed by atoms with Gasteiger partial charge in [-0.25, -0.2) is 9.37 Å². The van der Waals surface area contributed by atoms with Crippen molar-refractivity contribution in [3.63, 3.8) is 0 Å². The second-order valence-corrected chi connectivity index (χ2v) is 3.75. The lowest BCUT2D eigenvalue weighted by Gasteiger charge is -2.06. The molecular weight excluding hydrogens is 250 g/mol. The van der Waals surface area contributed by atoms with E-state index in [1.165, 1.54) is 19.1 Å². The highest BCUT2D eigenvalue weighted by molar-refractivity contribution is 5.47. The Labute approximate surface area is 99.9 Å². The van der Waals surface area contributed by atoms with Gasteiger partial charge >= 0.3 is 6.18 Å². The van der Waals surface area contributed by atoms with Gasteiger partial charge in [0.1, 0.15) is 11.6 Å². The van der Waals surface area contributed by atoms with Crippen molar-refractivity contribution in [1.29, 1.82) is 0 Å². The lowest BCUT2D eigenvalue weighted by atomic mass is 10.2. The van der Waals surface area contributed by atoms with E-state index in [0.717, 1.165) is 16.8 Å². The minimum Gasteiger partial charge on any atom is -0.399 e. The van der Waals surface area contributed by atoms with Crippen molar-refractivity contribution in [2.75, 3.05) is 5.73 Å². The first-order chi connectivity index (χ1) is 8.29. The molecule has 1 aromatic carbocycles. The Morgan fingerprint density at radius 1 is 1.28 bits per heavy atom. The summed E-state index contributed by atoms with van der Waals surface area (Å²) in [5, 5.41) is 0. The lowest BCUT2D eigenvalue weighted by molar-refractivity contribution is -0.141. The monoisotopic (exact) mass is 259 g/mol. The number of benzene rings is 1. The number of rotatable bonds is 1. The Hall–Kier alpha value is -2.05. The topological polar surface area (TPSA) is 43.8 Å². The van der Waals surface area contributed by atoms with Crippen LogP contribution in [0.1, 0.15) is 11.5 Å². The van der Waals surface area contributed by atoms with Gasteiger partial charge in [0, 0.05) is 11.9 Å². The van der Waals surface area contributed by atoms with Crippen molar-refractivity contribution in [2.24, 2.45) is 0 Å². The summed E-state index contributed by atoms with van der Waals surface area (Å²) in [6.07, 6.45) is -3.80. The zero-order chi connectivity index (χ0) is 13.5. The summed E-state index contributed by atoms with van der Waals surface area (Å²) in [6.45, 7) is 1.37. The van der Waals surface area contributed by atoms with Crippen molar-refractivity contribution in [3.8, 4) is 5.69 Å². The Morgan fingerprint density at radius 3 is 2.44 bits per heavy atom. The predicted molar refractivity (Wildman–Crippen MR) is 57.7 cm³/mol. The van der Waals surface area contributed by atoms with E-state index in [-0.39, 0.29) is 17.2 Å². The van der Waals surface area contributed by atoms with E-state index in [0.29, 0.717) is 0 Å². The van der Waals surface area contributed by atoms with Crippen LogP contribution in [0.3, 0.4) is 0 Å². The van der Waals surface area contributed by atoms with Gasteiger partial charge in [0.15, 0.2) is 5.69 Å². The molecular formula is C11H9F4N3. The van der Waals surface area contributed by atoms with Crippen LogP contribution in [0.15, 0.2) is 24.4 Å². The molecule has 2 N–H and O–H groups in total. The molecule has 0 aliphatic carbocycles. The quantitative estimate of drug-likeness (QED) is 0.632. The number of nitrogens with two attached hydrogens (primary N) is 1. The third-order valence-corrected chi connectivity index (χ3v) is 2.40. The van der Waals surface area contributed by atoms with Crippen molar-refractivity contribution < 1.29 is 17.6 Å². The number of aryl methyl sites for hydroxylation is 1. The van der Waals surface area contributed by atoms with Crippen LogP contribution in [-0.4, -0.2) is 9.55 Å². The molecule has 0 aliphatic heterocycles. The minimum absolute atomic E-state index is 0.0234. The molecule has 0 amide bonds. The van der Waals surface area contributed by atoms with E-state index >= 15 is 0 Å². The van der Waals surface area contributed by atoms with Gasteiger partial charge in [-0.2, -0.15) is 13.2 Å². The largest absolute Gasteiger partial charge is 0.434 e. The first kappa shape index (κ1) is 12.4. The maximum absolute atomic E-state index is 13.6. The molecule has 2 rings (SSSR count). The number of alkyl halides is 3. The molecule has 2 aromatic rings. The van der Waals surface area contributed by atoms with Crippen LogP contribution in [-0.2, 0) is 6.18 Å². The third-order valence-electron chi connectivity index (χ3n) is 2.40. The SMILES string of the molecule is Cc1nc(C(F)(F)F)cn1-c1ccc(N)cc1F. The van der Waals surface area contributed by atoms with Gasteiger partial charge in [-0.05, 0) is 25.1 Å². The first-order valence-corrected chi connectivity index (χ1v) is 4.97. The average molecular weight is 259 g/mol. The molecule has 0 aliphatic rings. The molecule has 0 saturated heterocycles. The van der Waals surface area contributed by atoms with E-state index in [9.17, 15) is 17.6 Å². The predicted octanol–water partition coefficient (Wildman–Crippen LogP) is 2.92. The number of aromatic nitrogens is 2. The normalized spacial score (nSPS) is 11.8. The minimum atomic E-state index is -4.56. The van der Waals surface area contributed by atoms with Crippen LogP contribution in [0.25, 0.3) is 5.69 Å². The second kappa shape index (κ2) is 4.01. The Kier molecular flexibility index (Phi) is 2.76. The molecule has 0 atom stereocenters. The molecule has 96 valence electrons. The molecule has 0 bridgehead atoms. The van der Waals surface area contributed by atoms with Crippen LogP contribution in [0.4, 0.5) is 23.2 Å². The van der Waals surface area contributed by atoms with E-state index in [1.54, 1.807) is 0 Å². The summed E-state index contributed by atoms with van der Waals surface area (Å²) in [4.78, 5) is 3.36. The fourth-order valence-electron chi connectivity index (χ4n) is 1.57. The number of hydrogen-bond donors (Lipinski definition) is 1. The second-order valence-electron chi connectivity index (χ2n) is 3.75. The molecule has 0 spiro atoms. The van der Waals surface area contributed by atoms with Gasteiger partial charge in [0.2, 0.25) is 0 Å². The van der Waals surface area contributed by atoms with Gasteiger partial charge in [-0.15, -0.1) is 0 Å². The number of nitrogen functional groups attached to an aromatic ring is 1. The third kappa shape index (κ3) is 2.15.